The Bertz CT molecular complexity index is 1120. The van der Waals surface area contributed by atoms with Gasteiger partial charge in [-0.3, -0.25) is 0 Å². The van der Waals surface area contributed by atoms with Gasteiger partial charge in [-0.2, -0.15) is 0 Å². The number of carbonyl (C=O) groups is 1. The lowest BCUT2D eigenvalue weighted by Crippen LogP contribution is -2.22. The normalized spacial score (nSPS) is 21.4. The Morgan fingerprint density at radius 1 is 1.14 bits per heavy atom. The SMILES string of the molecule is COc1ccc(C(=O)O)c(SC2=CC=C3C=CC4=C5C(=CC=C2C35)CC=C4)c1. The van der Waals surface area contributed by atoms with Crippen LogP contribution >= 0.6 is 11.8 Å². The Morgan fingerprint density at radius 2 is 2.04 bits per heavy atom. The predicted octanol–water partition coefficient (Wildman–Crippen LogP) is 5.62. The van der Waals surface area contributed by atoms with Crippen LogP contribution in [0.25, 0.3) is 0 Å². The number of methoxy groups -OCH3 is 1. The van der Waals surface area contributed by atoms with E-state index in [-0.39, 0.29) is 11.5 Å². The number of carboxylic acids is 1. The minimum Gasteiger partial charge on any atom is -0.497 e. The van der Waals surface area contributed by atoms with E-state index in [1.807, 2.05) is 0 Å². The summed E-state index contributed by atoms with van der Waals surface area (Å²) < 4.78 is 5.31. The Hall–Kier alpha value is -2.98. The van der Waals surface area contributed by atoms with E-state index in [2.05, 4.69) is 48.6 Å². The van der Waals surface area contributed by atoms with Gasteiger partial charge in [-0.15, -0.1) is 0 Å². The monoisotopic (exact) mass is 386 g/mol. The summed E-state index contributed by atoms with van der Waals surface area (Å²) in [6.07, 6.45) is 18.4. The van der Waals surface area contributed by atoms with Crippen molar-refractivity contribution in [1.29, 1.82) is 0 Å². The predicted molar refractivity (Wildman–Crippen MR) is 112 cm³/mol. The van der Waals surface area contributed by atoms with E-state index in [9.17, 15) is 9.90 Å². The van der Waals surface area contributed by atoms with Gasteiger partial charge < -0.3 is 9.84 Å². The van der Waals surface area contributed by atoms with Crippen molar-refractivity contribution in [2.24, 2.45) is 5.92 Å². The Balaban J connectivity index is 1.59. The van der Waals surface area contributed by atoms with Crippen LogP contribution in [-0.2, 0) is 0 Å². The maximum Gasteiger partial charge on any atom is 0.336 e. The van der Waals surface area contributed by atoms with Gasteiger partial charge in [-0.05, 0) is 58.6 Å². The molecule has 0 aromatic heterocycles. The molecule has 4 aliphatic rings. The van der Waals surface area contributed by atoms with Crippen LogP contribution in [-0.4, -0.2) is 18.2 Å². The van der Waals surface area contributed by atoms with Gasteiger partial charge >= 0.3 is 5.97 Å². The third kappa shape index (κ3) is 2.64. The first-order valence-corrected chi connectivity index (χ1v) is 9.98. The topological polar surface area (TPSA) is 46.5 Å². The fourth-order valence-corrected chi connectivity index (χ4v) is 5.29. The fourth-order valence-electron chi connectivity index (χ4n) is 4.17. The van der Waals surface area contributed by atoms with Crippen molar-refractivity contribution in [3.63, 3.8) is 0 Å². The second-order valence-electron chi connectivity index (χ2n) is 7.02. The Kier molecular flexibility index (Phi) is 4.02. The zero-order chi connectivity index (χ0) is 19.3. The van der Waals surface area contributed by atoms with Crippen molar-refractivity contribution < 1.29 is 14.6 Å². The lowest BCUT2D eigenvalue weighted by molar-refractivity contribution is 0.0693. The zero-order valence-electron chi connectivity index (χ0n) is 15.3. The Labute approximate surface area is 167 Å². The molecule has 1 aromatic carbocycles. The highest BCUT2D eigenvalue weighted by atomic mass is 32.2. The highest BCUT2D eigenvalue weighted by Gasteiger charge is 2.35. The van der Waals surface area contributed by atoms with Gasteiger partial charge in [0, 0.05) is 15.7 Å². The van der Waals surface area contributed by atoms with Crippen LogP contribution in [0.5, 0.6) is 5.75 Å². The van der Waals surface area contributed by atoms with E-state index in [1.54, 1.807) is 25.3 Å². The molecular formula is C24H18O3S. The molecule has 0 aliphatic heterocycles. The first-order valence-electron chi connectivity index (χ1n) is 9.17. The molecule has 1 N–H and O–H groups in total. The van der Waals surface area contributed by atoms with E-state index in [4.69, 9.17) is 4.74 Å². The van der Waals surface area contributed by atoms with Gasteiger partial charge in [-0.25, -0.2) is 4.79 Å². The third-order valence-corrected chi connectivity index (χ3v) is 6.64. The van der Waals surface area contributed by atoms with Crippen LogP contribution < -0.4 is 4.74 Å². The summed E-state index contributed by atoms with van der Waals surface area (Å²) in [4.78, 5) is 13.5. The molecule has 0 amide bonds. The molecule has 0 fully saturated rings. The van der Waals surface area contributed by atoms with E-state index >= 15 is 0 Å². The number of carboxylic acid groups (broad SMARTS) is 1. The van der Waals surface area contributed by atoms with E-state index in [1.165, 1.54) is 39.6 Å². The largest absolute Gasteiger partial charge is 0.497 e. The first-order chi connectivity index (χ1) is 13.7. The first kappa shape index (κ1) is 17.1. The van der Waals surface area contributed by atoms with Gasteiger partial charge in [0.15, 0.2) is 0 Å². The van der Waals surface area contributed by atoms with Crippen LogP contribution in [0.2, 0.25) is 0 Å². The molecule has 0 bridgehead atoms. The molecule has 138 valence electrons. The minimum absolute atomic E-state index is 0.233. The molecule has 0 spiro atoms. The number of hydrogen-bond donors (Lipinski definition) is 1. The highest BCUT2D eigenvalue weighted by molar-refractivity contribution is 8.03. The zero-order valence-corrected chi connectivity index (χ0v) is 16.1. The molecule has 0 saturated carbocycles. The average Bonchev–Trinajstić information content (AvgIpc) is 2.72. The fraction of sp³-hybridized carbons (Fsp3) is 0.125. The van der Waals surface area contributed by atoms with E-state index in [0.717, 1.165) is 11.3 Å². The van der Waals surface area contributed by atoms with Gasteiger partial charge in [0.1, 0.15) is 5.75 Å². The summed E-state index contributed by atoms with van der Waals surface area (Å²) in [7, 11) is 1.59. The smallest absolute Gasteiger partial charge is 0.336 e. The maximum atomic E-state index is 11.7. The molecule has 4 aliphatic carbocycles. The number of hydrogen-bond acceptors (Lipinski definition) is 3. The molecule has 1 atom stereocenters. The maximum absolute atomic E-state index is 11.7. The molecule has 1 aromatic rings. The molecule has 28 heavy (non-hydrogen) atoms. The third-order valence-electron chi connectivity index (χ3n) is 5.50. The summed E-state index contributed by atoms with van der Waals surface area (Å²) in [5.74, 6) is -0.0418. The minimum atomic E-state index is -0.930. The van der Waals surface area contributed by atoms with Crippen molar-refractivity contribution in [3.8, 4) is 5.75 Å². The molecule has 0 heterocycles. The summed E-state index contributed by atoms with van der Waals surface area (Å²) in [5.41, 5.74) is 6.86. The standard InChI is InChI=1S/C24H18O3S/c1-27-17-9-11-19(24(25)26)21(13-17)28-20-12-8-16-6-5-14-3-2-4-15-7-10-18(20)23(16)22(14)15/h2-3,5-13,23H,4H2,1H3,(H,25,26). The van der Waals surface area contributed by atoms with Crippen molar-refractivity contribution in [2.75, 3.05) is 7.11 Å². The number of thioether (sulfide) groups is 1. The number of ether oxygens (including phenoxy) is 1. The molecule has 0 radical (unpaired) electrons. The van der Waals surface area contributed by atoms with E-state index < -0.39 is 5.97 Å². The Morgan fingerprint density at radius 3 is 2.86 bits per heavy atom. The number of allylic oxidation sites excluding steroid dienone is 13. The highest BCUT2D eigenvalue weighted by Crippen LogP contribution is 2.51. The number of benzene rings is 1. The number of rotatable bonds is 4. The van der Waals surface area contributed by atoms with Crippen molar-refractivity contribution >= 4 is 17.7 Å². The van der Waals surface area contributed by atoms with Crippen LogP contribution in [0.4, 0.5) is 0 Å². The summed E-state index contributed by atoms with van der Waals surface area (Å²) >= 11 is 1.49. The van der Waals surface area contributed by atoms with Crippen molar-refractivity contribution in [1.82, 2.24) is 0 Å². The van der Waals surface area contributed by atoms with Gasteiger partial charge in [0.25, 0.3) is 0 Å². The summed E-state index contributed by atoms with van der Waals surface area (Å²) in [5, 5.41) is 9.60. The molecule has 5 rings (SSSR count). The molecular weight excluding hydrogens is 368 g/mol. The summed E-state index contributed by atoms with van der Waals surface area (Å²) in [6.45, 7) is 0. The molecule has 4 heteroatoms. The number of aromatic carboxylic acids is 1. The quantitative estimate of drug-likeness (QED) is 0.730. The second-order valence-corrected chi connectivity index (χ2v) is 8.11. The lowest BCUT2D eigenvalue weighted by Gasteiger charge is -2.37. The summed E-state index contributed by atoms with van der Waals surface area (Å²) in [6, 6.07) is 5.10. The van der Waals surface area contributed by atoms with Gasteiger partial charge in [0.05, 0.1) is 12.7 Å². The van der Waals surface area contributed by atoms with Crippen LogP contribution in [0.15, 0.2) is 104 Å². The van der Waals surface area contributed by atoms with Crippen LogP contribution in [0.3, 0.4) is 0 Å². The van der Waals surface area contributed by atoms with Crippen LogP contribution in [0.1, 0.15) is 16.8 Å². The van der Waals surface area contributed by atoms with Crippen LogP contribution in [0, 0.1) is 5.92 Å². The van der Waals surface area contributed by atoms with E-state index in [0.29, 0.717) is 10.6 Å². The van der Waals surface area contributed by atoms with Gasteiger partial charge in [0.2, 0.25) is 0 Å². The molecule has 1 unspecified atom stereocenters. The lowest BCUT2D eigenvalue weighted by atomic mass is 9.69. The van der Waals surface area contributed by atoms with Gasteiger partial charge in [-0.1, -0.05) is 54.3 Å². The molecule has 0 saturated heterocycles. The average molecular weight is 386 g/mol. The van der Waals surface area contributed by atoms with Crippen molar-refractivity contribution in [3.05, 3.63) is 105 Å². The second kappa shape index (κ2) is 6.57. The van der Waals surface area contributed by atoms with Crippen molar-refractivity contribution in [2.45, 2.75) is 11.3 Å². The molecule has 3 nitrogen and oxygen atoms in total.